The summed E-state index contributed by atoms with van der Waals surface area (Å²) in [5.41, 5.74) is 5.75. The second kappa shape index (κ2) is 6.16. The second-order valence-corrected chi connectivity index (χ2v) is 6.34. The molecule has 1 aromatic rings. The summed E-state index contributed by atoms with van der Waals surface area (Å²) in [5.74, 6) is 0.480. The van der Waals surface area contributed by atoms with Gasteiger partial charge in [0.2, 0.25) is 5.91 Å². The molecule has 1 aromatic carbocycles. The summed E-state index contributed by atoms with van der Waals surface area (Å²) in [6.07, 6.45) is 5.94. The number of benzene rings is 1. The van der Waals surface area contributed by atoms with Gasteiger partial charge >= 0.3 is 0 Å². The van der Waals surface area contributed by atoms with Crippen molar-refractivity contribution in [2.75, 3.05) is 13.2 Å². The Balaban J connectivity index is 1.72. The quantitative estimate of drug-likeness (QED) is 0.683. The van der Waals surface area contributed by atoms with Crippen LogP contribution in [-0.4, -0.2) is 25.2 Å². The van der Waals surface area contributed by atoms with E-state index in [0.29, 0.717) is 19.3 Å². The topological polar surface area (TPSA) is 64.4 Å². The number of carbonyl (C=O) groups excluding carboxylic acids is 1. The number of hydrogen-bond acceptors (Lipinski definition) is 3. The van der Waals surface area contributed by atoms with Crippen LogP contribution >= 0.6 is 0 Å². The molecule has 2 saturated carbocycles. The molecule has 0 heterocycles. The molecular weight excluding hydrogens is 264 g/mol. The maximum atomic E-state index is 12.2. The van der Waals surface area contributed by atoms with Gasteiger partial charge in [0.15, 0.2) is 0 Å². The Bertz CT molecular complexity index is 483. The van der Waals surface area contributed by atoms with Gasteiger partial charge < -0.3 is 10.5 Å². The van der Waals surface area contributed by atoms with Crippen LogP contribution in [0.5, 0.6) is 0 Å². The monoisotopic (exact) mass is 288 g/mol. The smallest absolute Gasteiger partial charge is 0.244 e. The molecule has 4 nitrogen and oxygen atoms in total. The largest absolute Gasteiger partial charge is 0.379 e. The highest BCUT2D eigenvalue weighted by molar-refractivity contribution is 5.86. The molecule has 0 bridgehead atoms. The first-order valence-electron chi connectivity index (χ1n) is 7.91. The first-order valence-corrected chi connectivity index (χ1v) is 7.91. The van der Waals surface area contributed by atoms with Crippen molar-refractivity contribution in [3.8, 4) is 0 Å². The Labute approximate surface area is 126 Å². The van der Waals surface area contributed by atoms with Gasteiger partial charge in [0.1, 0.15) is 5.54 Å². The molecule has 3 rings (SSSR count). The zero-order chi connectivity index (χ0) is 14.7. The summed E-state index contributed by atoms with van der Waals surface area (Å²) < 4.78 is 5.83. The van der Waals surface area contributed by atoms with Crippen LogP contribution in [0.3, 0.4) is 0 Å². The van der Waals surface area contributed by atoms with E-state index in [0.717, 1.165) is 30.7 Å². The Morgan fingerprint density at radius 1 is 1.24 bits per heavy atom. The molecule has 2 aliphatic rings. The normalized spacial score (nSPS) is 21.0. The number of ether oxygens (including phenoxy) is 1. The van der Waals surface area contributed by atoms with Crippen molar-refractivity contribution < 1.29 is 9.53 Å². The lowest BCUT2D eigenvalue weighted by atomic mass is 9.89. The van der Waals surface area contributed by atoms with E-state index in [1.165, 1.54) is 12.8 Å². The molecule has 21 heavy (non-hydrogen) atoms. The Hall–Kier alpha value is -1.39. The lowest BCUT2D eigenvalue weighted by Crippen LogP contribution is -2.56. The van der Waals surface area contributed by atoms with Gasteiger partial charge in [-0.2, -0.15) is 0 Å². The Morgan fingerprint density at radius 3 is 2.52 bits per heavy atom. The molecule has 4 heteroatoms. The zero-order valence-electron chi connectivity index (χ0n) is 12.4. The van der Waals surface area contributed by atoms with E-state index in [2.05, 4.69) is 5.32 Å². The van der Waals surface area contributed by atoms with E-state index in [4.69, 9.17) is 10.5 Å². The molecule has 0 saturated heterocycles. The van der Waals surface area contributed by atoms with Crippen molar-refractivity contribution in [1.82, 2.24) is 5.32 Å². The minimum absolute atomic E-state index is 0.315. The molecule has 0 aromatic heterocycles. The van der Waals surface area contributed by atoms with Crippen molar-refractivity contribution in [3.05, 3.63) is 35.9 Å². The lowest BCUT2D eigenvalue weighted by Gasteiger charge is -2.32. The summed E-state index contributed by atoms with van der Waals surface area (Å²) in [6.45, 7) is 1.02. The fourth-order valence-electron chi connectivity index (χ4n) is 2.67. The summed E-state index contributed by atoms with van der Waals surface area (Å²) in [6, 6.07) is 10.1. The molecule has 3 N–H and O–H groups in total. The number of nitrogens with two attached hydrogens (primary N) is 1. The molecule has 1 unspecified atom stereocenters. The average molecular weight is 288 g/mol. The first kappa shape index (κ1) is 14.5. The third-order valence-corrected chi connectivity index (χ3v) is 4.40. The maximum absolute atomic E-state index is 12.2. The molecule has 114 valence electrons. The molecule has 2 aliphatic carbocycles. The highest BCUT2D eigenvalue weighted by Crippen LogP contribution is 2.33. The number of nitrogens with one attached hydrogen (secondary N) is 1. The van der Waals surface area contributed by atoms with Crippen LogP contribution in [0, 0.1) is 5.92 Å². The SMILES string of the molecule is NC(=O)C(COCCC1CC1)(NC1CC1)c1ccccc1. The van der Waals surface area contributed by atoms with Crippen molar-refractivity contribution in [2.45, 2.75) is 43.7 Å². The van der Waals surface area contributed by atoms with Crippen LogP contribution in [0.25, 0.3) is 0 Å². The molecule has 2 fully saturated rings. The van der Waals surface area contributed by atoms with Crippen LogP contribution in [-0.2, 0) is 15.1 Å². The average Bonchev–Trinajstić information content (AvgIpc) is 3.37. The summed E-state index contributed by atoms with van der Waals surface area (Å²) in [5, 5.41) is 3.42. The molecule has 0 aliphatic heterocycles. The van der Waals surface area contributed by atoms with Crippen molar-refractivity contribution in [3.63, 3.8) is 0 Å². The Kier molecular flexibility index (Phi) is 4.27. The number of amides is 1. The number of hydrogen-bond donors (Lipinski definition) is 2. The van der Waals surface area contributed by atoms with Crippen molar-refractivity contribution >= 4 is 5.91 Å². The fourth-order valence-corrected chi connectivity index (χ4v) is 2.67. The minimum atomic E-state index is -0.897. The minimum Gasteiger partial charge on any atom is -0.379 e. The van der Waals surface area contributed by atoms with E-state index in [-0.39, 0.29) is 5.91 Å². The molecular formula is C17H24N2O2. The van der Waals surface area contributed by atoms with E-state index >= 15 is 0 Å². The van der Waals surface area contributed by atoms with Gasteiger partial charge in [0.05, 0.1) is 6.61 Å². The van der Waals surface area contributed by atoms with E-state index in [9.17, 15) is 4.79 Å². The van der Waals surface area contributed by atoms with Gasteiger partial charge in [-0.15, -0.1) is 0 Å². The summed E-state index contributed by atoms with van der Waals surface area (Å²) >= 11 is 0. The second-order valence-electron chi connectivity index (χ2n) is 6.34. The summed E-state index contributed by atoms with van der Waals surface area (Å²) in [7, 11) is 0. The van der Waals surface area contributed by atoms with Gasteiger partial charge in [-0.25, -0.2) is 0 Å². The van der Waals surface area contributed by atoms with Gasteiger partial charge in [-0.1, -0.05) is 43.2 Å². The molecule has 0 radical (unpaired) electrons. The van der Waals surface area contributed by atoms with Crippen LogP contribution in [0.4, 0.5) is 0 Å². The highest BCUT2D eigenvalue weighted by atomic mass is 16.5. The number of carbonyl (C=O) groups is 1. The predicted octanol–water partition coefficient (Wildman–Crippen LogP) is 1.94. The van der Waals surface area contributed by atoms with Crippen molar-refractivity contribution in [1.29, 1.82) is 0 Å². The molecule has 1 atom stereocenters. The van der Waals surface area contributed by atoms with Gasteiger partial charge in [-0.3, -0.25) is 10.1 Å². The van der Waals surface area contributed by atoms with E-state index in [1.807, 2.05) is 30.3 Å². The lowest BCUT2D eigenvalue weighted by molar-refractivity contribution is -0.127. The number of rotatable bonds is 9. The van der Waals surface area contributed by atoms with Crippen LogP contribution in [0.1, 0.15) is 37.7 Å². The summed E-state index contributed by atoms with van der Waals surface area (Å²) in [4.78, 5) is 12.2. The highest BCUT2D eigenvalue weighted by Gasteiger charge is 2.43. The molecule has 0 spiro atoms. The zero-order valence-corrected chi connectivity index (χ0v) is 12.4. The van der Waals surface area contributed by atoms with Crippen LogP contribution in [0.15, 0.2) is 30.3 Å². The van der Waals surface area contributed by atoms with Crippen molar-refractivity contribution in [2.24, 2.45) is 11.7 Å². The fraction of sp³-hybridized carbons (Fsp3) is 0.588. The van der Waals surface area contributed by atoms with Crippen LogP contribution in [0.2, 0.25) is 0 Å². The van der Waals surface area contributed by atoms with E-state index in [1.54, 1.807) is 0 Å². The molecule has 1 amide bonds. The Morgan fingerprint density at radius 2 is 1.95 bits per heavy atom. The maximum Gasteiger partial charge on any atom is 0.244 e. The standard InChI is InChI=1S/C17H24N2O2/c18-16(20)17(19-15-8-9-15,14-4-2-1-3-5-14)12-21-11-10-13-6-7-13/h1-5,13,15,19H,6-12H2,(H2,18,20). The van der Waals surface area contributed by atoms with Gasteiger partial charge in [-0.05, 0) is 30.7 Å². The number of primary amides is 1. The first-order chi connectivity index (χ1) is 10.2. The third-order valence-electron chi connectivity index (χ3n) is 4.40. The van der Waals surface area contributed by atoms with Crippen LogP contribution < -0.4 is 11.1 Å². The third kappa shape index (κ3) is 3.63. The van der Waals surface area contributed by atoms with Gasteiger partial charge in [0.25, 0.3) is 0 Å². The van der Waals surface area contributed by atoms with E-state index < -0.39 is 5.54 Å². The van der Waals surface area contributed by atoms with Gasteiger partial charge in [0, 0.05) is 12.6 Å². The predicted molar refractivity (Wildman–Crippen MR) is 81.6 cm³/mol.